The summed E-state index contributed by atoms with van der Waals surface area (Å²) in [5.74, 6) is 1.66. The Labute approximate surface area is 170 Å². The van der Waals surface area contributed by atoms with Gasteiger partial charge in [0.25, 0.3) is 11.9 Å². The number of unbranched alkanes of at least 4 members (excludes halogenated alkanes) is 1. The van der Waals surface area contributed by atoms with Crippen molar-refractivity contribution < 1.29 is 4.57 Å². The zero-order valence-corrected chi connectivity index (χ0v) is 16.4. The molecule has 0 spiro atoms. The molecule has 0 saturated carbocycles. The lowest BCUT2D eigenvalue weighted by atomic mass is 10.2. The summed E-state index contributed by atoms with van der Waals surface area (Å²) in [7, 11) is 0. The Hall–Kier alpha value is -3.74. The first-order chi connectivity index (χ1) is 14.3. The minimum Gasteiger partial charge on any atom is -0.344 e. The predicted octanol–water partition coefficient (Wildman–Crippen LogP) is 4.16. The predicted molar refractivity (Wildman–Crippen MR) is 114 cm³/mol. The minimum absolute atomic E-state index is 0.548. The van der Waals surface area contributed by atoms with Crippen molar-refractivity contribution in [1.29, 1.82) is 0 Å². The number of aromatic amines is 1. The highest BCUT2D eigenvalue weighted by Crippen LogP contribution is 2.31. The molecule has 7 heteroatoms. The van der Waals surface area contributed by atoms with E-state index < -0.39 is 0 Å². The molecule has 0 fully saturated rings. The molecule has 0 unspecified atom stereocenters. The van der Waals surface area contributed by atoms with Gasteiger partial charge in [-0.1, -0.05) is 59.7 Å². The zero-order chi connectivity index (χ0) is 19.9. The van der Waals surface area contributed by atoms with Gasteiger partial charge in [-0.25, -0.2) is 0 Å². The lowest BCUT2D eigenvalue weighted by Gasteiger charge is -2.21. The average Bonchev–Trinajstić information content (AvgIpc) is 3.31. The third-order valence-electron chi connectivity index (χ3n) is 4.43. The number of imidazole rings is 1. The molecule has 0 bridgehead atoms. The lowest BCUT2D eigenvalue weighted by molar-refractivity contribution is -0.602. The van der Waals surface area contributed by atoms with Gasteiger partial charge < -0.3 is 5.32 Å². The van der Waals surface area contributed by atoms with Gasteiger partial charge in [-0.3, -0.25) is 9.88 Å². The van der Waals surface area contributed by atoms with Crippen molar-refractivity contribution in [2.24, 2.45) is 0 Å². The molecule has 4 rings (SSSR count). The van der Waals surface area contributed by atoms with E-state index in [0.29, 0.717) is 17.8 Å². The van der Waals surface area contributed by atoms with E-state index in [1.54, 1.807) is 0 Å². The maximum Gasteiger partial charge on any atom is 0.396 e. The normalized spacial score (nSPS) is 10.7. The third-order valence-corrected chi connectivity index (χ3v) is 4.43. The zero-order valence-electron chi connectivity index (χ0n) is 16.4. The van der Waals surface area contributed by atoms with E-state index in [1.807, 2.05) is 88.9 Å². The van der Waals surface area contributed by atoms with Crippen LogP contribution in [-0.4, -0.2) is 26.5 Å². The van der Waals surface area contributed by atoms with Gasteiger partial charge in [0.2, 0.25) is 0 Å². The minimum atomic E-state index is 0.548. The molecule has 2 aromatic heterocycles. The Morgan fingerprint density at radius 1 is 0.931 bits per heavy atom. The van der Waals surface area contributed by atoms with Crippen LogP contribution in [0.3, 0.4) is 0 Å². The van der Waals surface area contributed by atoms with Gasteiger partial charge in [-0.15, -0.1) is 0 Å². The molecule has 0 aliphatic rings. The number of anilines is 4. The van der Waals surface area contributed by atoms with E-state index in [2.05, 4.69) is 22.2 Å². The number of hydrogen-bond acceptors (Lipinski definition) is 5. The second kappa shape index (κ2) is 8.97. The van der Waals surface area contributed by atoms with E-state index in [-0.39, 0.29) is 0 Å². The maximum atomic E-state index is 4.76. The average molecular weight is 386 g/mol. The molecule has 29 heavy (non-hydrogen) atoms. The quantitative estimate of drug-likeness (QED) is 0.351. The summed E-state index contributed by atoms with van der Waals surface area (Å²) in [6.45, 7) is 2.97. The smallest absolute Gasteiger partial charge is 0.344 e. The summed E-state index contributed by atoms with van der Waals surface area (Å²) in [4.78, 5) is 19.2. The molecule has 0 aliphatic heterocycles. The van der Waals surface area contributed by atoms with Crippen molar-refractivity contribution in [3.63, 3.8) is 0 Å². The molecular weight excluding hydrogens is 362 g/mol. The van der Waals surface area contributed by atoms with Gasteiger partial charge in [0.1, 0.15) is 0 Å². The molecule has 4 aromatic rings. The van der Waals surface area contributed by atoms with Crippen molar-refractivity contribution in [2.75, 3.05) is 16.8 Å². The molecule has 7 nitrogen and oxygen atoms in total. The van der Waals surface area contributed by atoms with Crippen LogP contribution in [0.25, 0.3) is 5.95 Å². The van der Waals surface area contributed by atoms with Gasteiger partial charge in [-0.2, -0.15) is 9.55 Å². The molecule has 146 valence electrons. The van der Waals surface area contributed by atoms with Crippen molar-refractivity contribution in [3.05, 3.63) is 79.4 Å². The summed E-state index contributed by atoms with van der Waals surface area (Å²) in [5, 5.41) is 3.33. The molecule has 2 N–H and O–H groups in total. The SMILES string of the molecule is CCCCNc1nc(N(c2ccccc2)c2ccccc2)nc(-[n+]2cc[nH]c2)n1. The van der Waals surface area contributed by atoms with Crippen molar-refractivity contribution >= 4 is 23.3 Å². The van der Waals surface area contributed by atoms with Gasteiger partial charge in [0.05, 0.1) is 23.8 Å². The fourth-order valence-electron chi connectivity index (χ4n) is 2.97. The number of aromatic nitrogens is 5. The summed E-state index contributed by atoms with van der Waals surface area (Å²) in [6.07, 6.45) is 7.67. The highest BCUT2D eigenvalue weighted by molar-refractivity contribution is 5.72. The van der Waals surface area contributed by atoms with E-state index >= 15 is 0 Å². The number of nitrogens with one attached hydrogen (secondary N) is 2. The number of H-pyrrole nitrogens is 1. The van der Waals surface area contributed by atoms with E-state index in [4.69, 9.17) is 9.97 Å². The Kier molecular flexibility index (Phi) is 5.76. The monoisotopic (exact) mass is 386 g/mol. The first-order valence-corrected chi connectivity index (χ1v) is 9.80. The summed E-state index contributed by atoms with van der Waals surface area (Å²) in [6, 6.07) is 20.2. The van der Waals surface area contributed by atoms with Crippen LogP contribution < -0.4 is 14.8 Å². The van der Waals surface area contributed by atoms with Crippen molar-refractivity contribution in [3.8, 4) is 5.95 Å². The number of rotatable bonds is 8. The number of nitrogens with zero attached hydrogens (tertiary/aromatic N) is 5. The standard InChI is InChI=1S/C22H23N7/c1-2-3-14-24-20-25-21(28-16-15-23-17-28)27-22(26-20)29(18-10-6-4-7-11-18)19-12-8-5-9-13-19/h4-13,15-17H,2-3,14H2,1H3,(H,24,25,26,27)/p+1. The van der Waals surface area contributed by atoms with Crippen LogP contribution in [0, 0.1) is 0 Å². The molecule has 0 radical (unpaired) electrons. The van der Waals surface area contributed by atoms with Crippen LogP contribution >= 0.6 is 0 Å². The Morgan fingerprint density at radius 3 is 2.21 bits per heavy atom. The lowest BCUT2D eigenvalue weighted by Crippen LogP contribution is -2.32. The van der Waals surface area contributed by atoms with Gasteiger partial charge >= 0.3 is 5.95 Å². The molecule has 2 heterocycles. The van der Waals surface area contributed by atoms with Gasteiger partial charge in [-0.05, 0) is 30.7 Å². The van der Waals surface area contributed by atoms with Gasteiger partial charge in [0.15, 0.2) is 6.33 Å². The van der Waals surface area contributed by atoms with Crippen LogP contribution in [0.4, 0.5) is 23.3 Å². The topological polar surface area (TPSA) is 73.6 Å². The molecule has 0 amide bonds. The molecular formula is C22H24N7+. The second-order valence-corrected chi connectivity index (χ2v) is 6.56. The van der Waals surface area contributed by atoms with E-state index in [1.165, 1.54) is 0 Å². The largest absolute Gasteiger partial charge is 0.396 e. The fourth-order valence-corrected chi connectivity index (χ4v) is 2.97. The molecule has 0 saturated heterocycles. The molecule has 0 aliphatic carbocycles. The fraction of sp³-hybridized carbons (Fsp3) is 0.182. The maximum absolute atomic E-state index is 4.76. The molecule has 2 aromatic carbocycles. The highest BCUT2D eigenvalue weighted by Gasteiger charge is 2.22. The van der Waals surface area contributed by atoms with Crippen LogP contribution in [0.5, 0.6) is 0 Å². The van der Waals surface area contributed by atoms with E-state index in [0.717, 1.165) is 30.8 Å². The Balaban J connectivity index is 1.82. The molecule has 0 atom stereocenters. The first-order valence-electron chi connectivity index (χ1n) is 9.80. The second-order valence-electron chi connectivity index (χ2n) is 6.56. The van der Waals surface area contributed by atoms with Crippen molar-refractivity contribution in [1.82, 2.24) is 19.9 Å². The van der Waals surface area contributed by atoms with E-state index in [9.17, 15) is 0 Å². The van der Waals surface area contributed by atoms with Crippen LogP contribution in [0.2, 0.25) is 0 Å². The van der Waals surface area contributed by atoms with Crippen LogP contribution in [0.1, 0.15) is 19.8 Å². The Bertz CT molecular complexity index is 978. The Morgan fingerprint density at radius 2 is 1.62 bits per heavy atom. The van der Waals surface area contributed by atoms with Crippen LogP contribution in [-0.2, 0) is 0 Å². The number of hydrogen-bond donors (Lipinski definition) is 2. The van der Waals surface area contributed by atoms with Crippen molar-refractivity contribution in [2.45, 2.75) is 19.8 Å². The highest BCUT2D eigenvalue weighted by atomic mass is 15.3. The number of para-hydroxylation sites is 2. The van der Waals surface area contributed by atoms with Crippen LogP contribution in [0.15, 0.2) is 79.4 Å². The van der Waals surface area contributed by atoms with Gasteiger partial charge in [0, 0.05) is 6.54 Å². The summed E-state index contributed by atoms with van der Waals surface area (Å²) in [5.41, 5.74) is 1.96. The number of benzene rings is 2. The first kappa shape index (κ1) is 18.6. The third kappa shape index (κ3) is 4.40. The summed E-state index contributed by atoms with van der Waals surface area (Å²) < 4.78 is 1.84. The summed E-state index contributed by atoms with van der Waals surface area (Å²) >= 11 is 0.